The number of allylic oxidation sites excluding steroid dienone is 2. The Balaban J connectivity index is 1.96. The number of nitrogens with one attached hydrogen (secondary N) is 1. The van der Waals surface area contributed by atoms with Crippen molar-refractivity contribution in [2.45, 2.75) is 26.2 Å². The molecule has 0 atom stereocenters. The first-order chi connectivity index (χ1) is 9.04. The second kappa shape index (κ2) is 4.27. The van der Waals surface area contributed by atoms with Gasteiger partial charge in [-0.05, 0) is 34.9 Å². The van der Waals surface area contributed by atoms with Crippen molar-refractivity contribution in [2.75, 3.05) is 0 Å². The third kappa shape index (κ3) is 2.28. The van der Waals surface area contributed by atoms with Gasteiger partial charge in [0.05, 0.1) is 0 Å². The standard InChI is InChI=1S/C18H19N/c1-18(2,3)17-11-10-15(19-17)12-14-9-8-13-6-4-5-7-16(13)14/h4-12,19H,1-3H3/b14-12+. The highest BCUT2D eigenvalue weighted by Gasteiger charge is 2.15. The van der Waals surface area contributed by atoms with Gasteiger partial charge in [-0.2, -0.15) is 0 Å². The minimum absolute atomic E-state index is 0.167. The summed E-state index contributed by atoms with van der Waals surface area (Å²) in [5, 5.41) is 0. The van der Waals surface area contributed by atoms with Gasteiger partial charge in [0, 0.05) is 16.8 Å². The predicted molar refractivity (Wildman–Crippen MR) is 82.8 cm³/mol. The first-order valence-electron chi connectivity index (χ1n) is 6.73. The number of aromatic nitrogens is 1. The summed E-state index contributed by atoms with van der Waals surface area (Å²) in [4.78, 5) is 3.50. The molecule has 0 aliphatic heterocycles. The average molecular weight is 249 g/mol. The van der Waals surface area contributed by atoms with E-state index in [1.165, 1.54) is 28.1 Å². The Morgan fingerprint density at radius 3 is 2.47 bits per heavy atom. The lowest BCUT2D eigenvalue weighted by Crippen LogP contribution is -2.11. The Labute approximate surface area is 114 Å². The van der Waals surface area contributed by atoms with E-state index in [0.29, 0.717) is 0 Å². The van der Waals surface area contributed by atoms with Gasteiger partial charge in [0.15, 0.2) is 0 Å². The van der Waals surface area contributed by atoms with Crippen LogP contribution in [-0.4, -0.2) is 4.98 Å². The minimum Gasteiger partial charge on any atom is -0.358 e. The Kier molecular flexibility index (Phi) is 2.70. The number of aromatic amines is 1. The number of hydrogen-bond acceptors (Lipinski definition) is 0. The van der Waals surface area contributed by atoms with Crippen LogP contribution < -0.4 is 0 Å². The van der Waals surface area contributed by atoms with Crippen LogP contribution >= 0.6 is 0 Å². The smallest absolute Gasteiger partial charge is 0.0388 e. The SMILES string of the molecule is CC(C)(C)c1ccc(/C=C2\C=Cc3ccccc32)[nH]1. The maximum absolute atomic E-state index is 3.50. The van der Waals surface area contributed by atoms with Crippen molar-refractivity contribution in [3.63, 3.8) is 0 Å². The lowest BCUT2D eigenvalue weighted by atomic mass is 9.93. The Morgan fingerprint density at radius 1 is 0.947 bits per heavy atom. The van der Waals surface area contributed by atoms with Gasteiger partial charge in [0.1, 0.15) is 0 Å². The summed E-state index contributed by atoms with van der Waals surface area (Å²) >= 11 is 0. The van der Waals surface area contributed by atoms with Crippen LogP contribution in [0.2, 0.25) is 0 Å². The first-order valence-corrected chi connectivity index (χ1v) is 6.73. The van der Waals surface area contributed by atoms with Crippen LogP contribution in [0.5, 0.6) is 0 Å². The monoisotopic (exact) mass is 249 g/mol. The van der Waals surface area contributed by atoms with Crippen molar-refractivity contribution >= 4 is 17.7 Å². The van der Waals surface area contributed by atoms with Crippen LogP contribution in [0.4, 0.5) is 0 Å². The van der Waals surface area contributed by atoms with Crippen LogP contribution in [0.15, 0.2) is 42.5 Å². The molecule has 1 N–H and O–H groups in total. The van der Waals surface area contributed by atoms with Gasteiger partial charge in [0.25, 0.3) is 0 Å². The van der Waals surface area contributed by atoms with Gasteiger partial charge in [-0.1, -0.05) is 57.2 Å². The molecular formula is C18H19N. The van der Waals surface area contributed by atoms with Crippen molar-refractivity contribution < 1.29 is 0 Å². The summed E-state index contributed by atoms with van der Waals surface area (Å²) in [5.41, 5.74) is 6.50. The molecule has 1 aromatic carbocycles. The molecule has 19 heavy (non-hydrogen) atoms. The molecule has 0 saturated carbocycles. The Morgan fingerprint density at radius 2 is 1.74 bits per heavy atom. The van der Waals surface area contributed by atoms with Crippen molar-refractivity contribution in [3.8, 4) is 0 Å². The van der Waals surface area contributed by atoms with Gasteiger partial charge >= 0.3 is 0 Å². The molecule has 0 amide bonds. The molecule has 0 bridgehead atoms. The highest BCUT2D eigenvalue weighted by Crippen LogP contribution is 2.30. The highest BCUT2D eigenvalue weighted by molar-refractivity contribution is 5.97. The molecule has 0 radical (unpaired) electrons. The molecule has 3 rings (SSSR count). The third-order valence-electron chi connectivity index (χ3n) is 3.54. The first kappa shape index (κ1) is 12.0. The molecule has 1 heterocycles. The molecule has 0 fully saturated rings. The third-order valence-corrected chi connectivity index (χ3v) is 3.54. The van der Waals surface area contributed by atoms with Gasteiger partial charge in [-0.15, -0.1) is 0 Å². The van der Waals surface area contributed by atoms with E-state index in [0.717, 1.165) is 0 Å². The fraction of sp³-hybridized carbons (Fsp3) is 0.222. The van der Waals surface area contributed by atoms with Crippen LogP contribution in [0, 0.1) is 0 Å². The fourth-order valence-electron chi connectivity index (χ4n) is 2.40. The maximum Gasteiger partial charge on any atom is 0.0388 e. The largest absolute Gasteiger partial charge is 0.358 e. The van der Waals surface area contributed by atoms with Crippen molar-refractivity contribution in [1.82, 2.24) is 4.98 Å². The number of benzene rings is 1. The molecule has 1 aliphatic carbocycles. The van der Waals surface area contributed by atoms with E-state index >= 15 is 0 Å². The number of H-pyrrole nitrogens is 1. The normalized spacial score (nSPS) is 16.1. The zero-order chi connectivity index (χ0) is 13.5. The van der Waals surface area contributed by atoms with Crippen LogP contribution in [0.3, 0.4) is 0 Å². The zero-order valence-corrected chi connectivity index (χ0v) is 11.7. The quantitative estimate of drug-likeness (QED) is 0.741. The molecule has 1 nitrogen and oxygen atoms in total. The predicted octanol–water partition coefficient (Wildman–Crippen LogP) is 4.88. The van der Waals surface area contributed by atoms with Gasteiger partial charge in [-0.3, -0.25) is 0 Å². The molecule has 1 aliphatic rings. The van der Waals surface area contributed by atoms with E-state index in [2.05, 4.69) is 80.4 Å². The van der Waals surface area contributed by atoms with Gasteiger partial charge in [0.2, 0.25) is 0 Å². The highest BCUT2D eigenvalue weighted by atomic mass is 14.7. The van der Waals surface area contributed by atoms with Gasteiger partial charge in [-0.25, -0.2) is 0 Å². The molecule has 0 spiro atoms. The van der Waals surface area contributed by atoms with Crippen molar-refractivity contribution in [1.29, 1.82) is 0 Å². The number of rotatable bonds is 1. The molecule has 1 aromatic heterocycles. The van der Waals surface area contributed by atoms with Crippen molar-refractivity contribution in [2.24, 2.45) is 0 Å². The van der Waals surface area contributed by atoms with E-state index < -0.39 is 0 Å². The summed E-state index contributed by atoms with van der Waals surface area (Å²) in [5.74, 6) is 0. The molecule has 0 unspecified atom stereocenters. The van der Waals surface area contributed by atoms with E-state index in [1.807, 2.05) is 0 Å². The van der Waals surface area contributed by atoms with Crippen LogP contribution in [-0.2, 0) is 5.41 Å². The molecule has 1 heteroatoms. The Bertz CT molecular complexity index is 663. The van der Waals surface area contributed by atoms with Gasteiger partial charge < -0.3 is 4.98 Å². The van der Waals surface area contributed by atoms with E-state index in [1.54, 1.807) is 0 Å². The van der Waals surface area contributed by atoms with Crippen LogP contribution in [0.25, 0.3) is 17.7 Å². The van der Waals surface area contributed by atoms with E-state index in [4.69, 9.17) is 0 Å². The molecule has 0 saturated heterocycles. The van der Waals surface area contributed by atoms with E-state index in [-0.39, 0.29) is 5.41 Å². The van der Waals surface area contributed by atoms with Crippen molar-refractivity contribution in [3.05, 3.63) is 65.0 Å². The van der Waals surface area contributed by atoms with E-state index in [9.17, 15) is 0 Å². The summed E-state index contributed by atoms with van der Waals surface area (Å²) in [6.45, 7) is 6.67. The lowest BCUT2D eigenvalue weighted by Gasteiger charge is -2.15. The molecule has 96 valence electrons. The number of fused-ring (bicyclic) bond motifs is 1. The summed E-state index contributed by atoms with van der Waals surface area (Å²) < 4.78 is 0. The summed E-state index contributed by atoms with van der Waals surface area (Å²) in [6, 6.07) is 12.8. The lowest BCUT2D eigenvalue weighted by molar-refractivity contribution is 0.572. The molecule has 2 aromatic rings. The Hall–Kier alpha value is -2.02. The minimum atomic E-state index is 0.167. The van der Waals surface area contributed by atoms with Crippen LogP contribution in [0.1, 0.15) is 43.3 Å². The summed E-state index contributed by atoms with van der Waals surface area (Å²) in [6.07, 6.45) is 6.58. The topological polar surface area (TPSA) is 15.8 Å². The average Bonchev–Trinajstić information content (AvgIpc) is 2.97. The molecular weight excluding hydrogens is 230 g/mol. The summed E-state index contributed by atoms with van der Waals surface area (Å²) in [7, 11) is 0. The zero-order valence-electron chi connectivity index (χ0n) is 11.7. The second-order valence-electron chi connectivity index (χ2n) is 6.10. The second-order valence-corrected chi connectivity index (χ2v) is 6.10. The maximum atomic E-state index is 3.50. The fourth-order valence-corrected chi connectivity index (χ4v) is 2.40. The number of hydrogen-bond donors (Lipinski definition) is 1.